The fourth-order valence-electron chi connectivity index (χ4n) is 16.5. The molecule has 5 aliphatic heterocycles. The van der Waals surface area contributed by atoms with Crippen LogP contribution >= 0.6 is 0 Å². The van der Waals surface area contributed by atoms with E-state index >= 15 is 9.59 Å². The van der Waals surface area contributed by atoms with E-state index in [1.165, 1.54) is 31.2 Å². The molecule has 25 atom stereocenters. The van der Waals surface area contributed by atoms with Gasteiger partial charge in [0.1, 0.15) is 85.4 Å². The summed E-state index contributed by atoms with van der Waals surface area (Å²) in [5.41, 5.74) is 5.67. The highest BCUT2D eigenvalue weighted by molar-refractivity contribution is 5.91. The smallest absolute Gasteiger partial charge is 0.338 e. The zero-order valence-corrected chi connectivity index (χ0v) is 71.9. The van der Waals surface area contributed by atoms with Crippen LogP contribution in [0.2, 0.25) is 0 Å². The van der Waals surface area contributed by atoms with Crippen molar-refractivity contribution in [1.29, 1.82) is 0 Å². The zero-order chi connectivity index (χ0) is 89.4. The van der Waals surface area contributed by atoms with Crippen molar-refractivity contribution < 1.29 is 124 Å². The molecule has 678 valence electrons. The van der Waals surface area contributed by atoms with Gasteiger partial charge in [-0.05, 0) is 96.1 Å². The van der Waals surface area contributed by atoms with Gasteiger partial charge in [-0.25, -0.2) is 14.4 Å². The standard InChI is InChI=1S/C102H109NO26/c1-64-82(112-57-69-37-17-6-18-38-69)88(92(117-62-74-47-27-11-28-48-74)99(118-64)126-86-80(103-67(4)105)98(110)121-78(55-104)81(86)106)127-102-94(129-101-93(125-97(109)77-53-33-14-34-54-77)90(124-96(108)76-51-31-13-32-52-76)84(66(3)120-101)123-95(107)75-49-29-12-30-50-75)89(83(65(2)119-102)113-58-70-39-19-7-20-40-70)128-100-91(116-61-73-45-25-10-26-46-73)87(115-60-72-43-23-9-24-44-72)85(114-59-71-41-21-8-22-42-71)79(122-100)63-111-56-68-35-15-5-16-36-68/h5-54,64-66,78-94,98-102,104,106,110H,55-63H2,1-4H3,(H,103,105)/t64-,65-,66-,78+,79+,80+,81+,82-,83-,84-,85+,86+,87-,88+,89+,90+,91+,92+,93+,94+,98+,99-,100+,101-,102-/m0/s1. The van der Waals surface area contributed by atoms with Crippen molar-refractivity contribution in [3.63, 3.8) is 0 Å². The number of rotatable bonds is 38. The number of esters is 3. The molecule has 5 fully saturated rings. The second-order valence-corrected chi connectivity index (χ2v) is 32.3. The lowest BCUT2D eigenvalue weighted by atomic mass is 9.94. The molecule has 0 saturated carbocycles. The quantitative estimate of drug-likeness (QED) is 0.0206. The van der Waals surface area contributed by atoms with Gasteiger partial charge < -0.3 is 111 Å². The van der Waals surface area contributed by atoms with Crippen LogP contribution in [-0.2, 0) is 141 Å². The lowest BCUT2D eigenvalue weighted by Crippen LogP contribution is -2.70. The van der Waals surface area contributed by atoms with Gasteiger partial charge in [0.25, 0.3) is 0 Å². The summed E-state index contributed by atoms with van der Waals surface area (Å²) in [6.07, 6.45) is -36.0. The molecule has 10 aromatic carbocycles. The average molecular weight is 1760 g/mol. The van der Waals surface area contributed by atoms with E-state index in [0.717, 1.165) is 33.4 Å². The number of ether oxygens (including phenoxy) is 19. The largest absolute Gasteiger partial charge is 0.452 e. The van der Waals surface area contributed by atoms with E-state index in [1.54, 1.807) is 87.5 Å². The SMILES string of the molecule is CC(=O)N[C@@H]1[C@@H](O[C@@H]2O[C@@H](C)[C@H](OCc3ccccc3)[C@@H](O[C@@H]3O[C@@H](C)[C@H](OCc4ccccc4)[C@@H](O[C@H]4O[C@H](COCc5ccccc5)[C@@H](OCc5ccccc5)[C@H](OCc5ccccc5)[C@H]4OCc4ccccc4)[C@H]3O[C@@H]3O[C@@H](C)[C@H](OC(=O)c4ccccc4)[C@@H](OC(=O)c4ccccc4)[C@H]3OC(=O)c3ccccc3)[C@H]2OCc2ccccc2)[C@H](O)[C@@H](CO)O[C@H]1O. The molecular formula is C102H109NO26. The molecule has 10 aromatic rings. The lowest BCUT2D eigenvalue weighted by Gasteiger charge is -2.53. The summed E-state index contributed by atoms with van der Waals surface area (Å²) < 4.78 is 136. The summed E-state index contributed by atoms with van der Waals surface area (Å²) in [4.78, 5) is 58.7. The van der Waals surface area contributed by atoms with Crippen LogP contribution in [0.1, 0.15) is 97.7 Å². The van der Waals surface area contributed by atoms with Crippen molar-refractivity contribution >= 4 is 23.8 Å². The Morgan fingerprint density at radius 2 is 0.581 bits per heavy atom. The number of amides is 1. The Morgan fingerprint density at radius 1 is 0.295 bits per heavy atom. The van der Waals surface area contributed by atoms with Gasteiger partial charge in [0.15, 0.2) is 49.8 Å². The molecule has 0 radical (unpaired) electrons. The molecule has 0 bridgehead atoms. The van der Waals surface area contributed by atoms with Gasteiger partial charge in [0.05, 0.1) is 94.5 Å². The average Bonchev–Trinajstić information content (AvgIpc) is 0.750. The van der Waals surface area contributed by atoms with E-state index in [0.29, 0.717) is 5.56 Å². The van der Waals surface area contributed by atoms with E-state index in [2.05, 4.69) is 5.32 Å². The summed E-state index contributed by atoms with van der Waals surface area (Å²) in [6.45, 7) is 5.28. The number of hydrogen-bond donors (Lipinski definition) is 4. The molecule has 1 amide bonds. The number of nitrogens with one attached hydrogen (secondary N) is 1. The van der Waals surface area contributed by atoms with E-state index in [9.17, 15) is 24.9 Å². The normalized spacial score (nSPS) is 29.2. The van der Waals surface area contributed by atoms with Crippen LogP contribution in [0.25, 0.3) is 0 Å². The van der Waals surface area contributed by atoms with Gasteiger partial charge in [-0.1, -0.05) is 267 Å². The number of hydrogen-bond acceptors (Lipinski definition) is 26. The molecule has 0 aliphatic carbocycles. The minimum Gasteiger partial charge on any atom is -0.452 e. The van der Waals surface area contributed by atoms with Crippen LogP contribution in [0.4, 0.5) is 0 Å². The highest BCUT2D eigenvalue weighted by Gasteiger charge is 2.61. The van der Waals surface area contributed by atoms with Gasteiger partial charge >= 0.3 is 17.9 Å². The Bertz CT molecular complexity index is 5040. The number of aliphatic hydroxyl groups excluding tert-OH is 3. The Hall–Kier alpha value is -10.7. The molecule has 0 aromatic heterocycles. The summed E-state index contributed by atoms with van der Waals surface area (Å²) in [6, 6.07) is 89.4. The molecule has 27 nitrogen and oxygen atoms in total. The Kier molecular flexibility index (Phi) is 33.3. The maximum Gasteiger partial charge on any atom is 0.338 e. The van der Waals surface area contributed by atoms with Gasteiger partial charge in [-0.3, -0.25) is 4.79 Å². The monoisotopic (exact) mass is 1760 g/mol. The second kappa shape index (κ2) is 46.2. The first-order chi connectivity index (χ1) is 63.1. The van der Waals surface area contributed by atoms with Crippen molar-refractivity contribution in [2.45, 2.75) is 227 Å². The minimum absolute atomic E-state index is 0.0299. The first kappa shape index (κ1) is 93.0. The molecule has 0 unspecified atom stereocenters. The van der Waals surface area contributed by atoms with Crippen LogP contribution in [-0.4, -0.2) is 206 Å². The fraction of sp³-hybridized carbons (Fsp3) is 0.373. The Balaban J connectivity index is 0.931. The first-order valence-electron chi connectivity index (χ1n) is 43.5. The van der Waals surface area contributed by atoms with E-state index in [1.807, 2.05) is 212 Å². The number of benzene rings is 10. The molecule has 4 N–H and O–H groups in total. The maximum atomic E-state index is 15.5. The molecule has 5 saturated heterocycles. The molecule has 5 heterocycles. The lowest BCUT2D eigenvalue weighted by molar-refractivity contribution is -0.412. The molecule has 15 rings (SSSR count). The third-order valence-electron chi connectivity index (χ3n) is 23.0. The van der Waals surface area contributed by atoms with Crippen LogP contribution in [0.5, 0.6) is 0 Å². The van der Waals surface area contributed by atoms with Gasteiger partial charge in [0.2, 0.25) is 5.91 Å². The van der Waals surface area contributed by atoms with E-state index in [4.69, 9.17) is 90.0 Å². The van der Waals surface area contributed by atoms with Crippen LogP contribution in [0, 0.1) is 0 Å². The third-order valence-corrected chi connectivity index (χ3v) is 23.0. The zero-order valence-electron chi connectivity index (χ0n) is 71.9. The highest BCUT2D eigenvalue weighted by atomic mass is 16.8. The van der Waals surface area contributed by atoms with Crippen molar-refractivity contribution in [3.8, 4) is 0 Å². The van der Waals surface area contributed by atoms with Crippen LogP contribution < -0.4 is 5.32 Å². The van der Waals surface area contributed by atoms with Gasteiger partial charge in [0, 0.05) is 6.92 Å². The van der Waals surface area contributed by atoms with Crippen molar-refractivity contribution in [2.75, 3.05) is 13.2 Å². The summed E-state index contributed by atoms with van der Waals surface area (Å²) in [5.74, 6) is -3.34. The minimum atomic E-state index is -1.96. The molecule has 0 spiro atoms. The molecule has 27 heteroatoms. The third kappa shape index (κ3) is 24.7. The number of carbonyl (C=O) groups is 4. The van der Waals surface area contributed by atoms with Crippen molar-refractivity contribution in [3.05, 3.63) is 359 Å². The first-order valence-corrected chi connectivity index (χ1v) is 43.5. The maximum absolute atomic E-state index is 15.5. The fourth-order valence-corrected chi connectivity index (χ4v) is 16.5. The molecular weight excluding hydrogens is 1660 g/mol. The summed E-state index contributed by atoms with van der Waals surface area (Å²) in [5, 5.41) is 37.5. The number of aliphatic hydroxyl groups is 3. The van der Waals surface area contributed by atoms with Crippen LogP contribution in [0.15, 0.2) is 303 Å². The molecule has 129 heavy (non-hydrogen) atoms. The topological polar surface area (TPSA) is 316 Å². The van der Waals surface area contributed by atoms with Crippen LogP contribution in [0.3, 0.4) is 0 Å². The summed E-state index contributed by atoms with van der Waals surface area (Å²) >= 11 is 0. The Morgan fingerprint density at radius 3 is 0.969 bits per heavy atom. The predicted molar refractivity (Wildman–Crippen MR) is 466 cm³/mol. The van der Waals surface area contributed by atoms with Gasteiger partial charge in [-0.15, -0.1) is 0 Å². The highest BCUT2D eigenvalue weighted by Crippen LogP contribution is 2.43. The second-order valence-electron chi connectivity index (χ2n) is 32.3. The molecule has 5 aliphatic rings. The van der Waals surface area contributed by atoms with Gasteiger partial charge in [-0.2, -0.15) is 0 Å². The van der Waals surface area contributed by atoms with Crippen molar-refractivity contribution in [1.82, 2.24) is 5.32 Å². The Labute approximate surface area is 749 Å². The van der Waals surface area contributed by atoms with E-state index < -0.39 is 184 Å². The number of carbonyl (C=O) groups excluding carboxylic acids is 4. The van der Waals surface area contributed by atoms with E-state index in [-0.39, 0.29) is 69.5 Å². The summed E-state index contributed by atoms with van der Waals surface area (Å²) in [7, 11) is 0. The van der Waals surface area contributed by atoms with Crippen molar-refractivity contribution in [2.24, 2.45) is 0 Å². The predicted octanol–water partition coefficient (Wildman–Crippen LogP) is 12.5.